The molecule has 0 heterocycles. The summed E-state index contributed by atoms with van der Waals surface area (Å²) in [6.07, 6.45) is -1.03. The van der Waals surface area contributed by atoms with Crippen LogP contribution in [0, 0.1) is 0 Å². The molecule has 1 saturated carbocycles. The Kier molecular flexibility index (Phi) is 4.60. The molecule has 0 spiro atoms. The highest BCUT2D eigenvalue weighted by atomic mass is 19.1. The second-order valence-corrected chi connectivity index (χ2v) is 5.85. The van der Waals surface area contributed by atoms with E-state index >= 15 is 0 Å². The van der Waals surface area contributed by atoms with Crippen LogP contribution >= 0.6 is 0 Å². The highest BCUT2D eigenvalue weighted by Gasteiger charge is 2.47. The molecule has 2 aromatic carbocycles. The first kappa shape index (κ1) is 15.5. The van der Waals surface area contributed by atoms with Gasteiger partial charge in [-0.3, -0.25) is 4.90 Å². The van der Waals surface area contributed by atoms with Gasteiger partial charge in [0.25, 0.3) is 0 Å². The van der Waals surface area contributed by atoms with Gasteiger partial charge in [-0.15, -0.1) is 0 Å². The van der Waals surface area contributed by atoms with Crippen molar-refractivity contribution in [2.45, 2.75) is 38.2 Å². The number of halogens is 1. The number of nitrogens with zero attached hydrogens (tertiary/aromatic N) is 1. The van der Waals surface area contributed by atoms with Gasteiger partial charge < -0.3 is 4.74 Å². The number of amides is 1. The van der Waals surface area contributed by atoms with Crippen LogP contribution in [0.2, 0.25) is 0 Å². The van der Waals surface area contributed by atoms with Gasteiger partial charge in [-0.2, -0.15) is 0 Å². The summed E-state index contributed by atoms with van der Waals surface area (Å²) in [4.78, 5) is 14.0. The Morgan fingerprint density at radius 2 is 1.74 bits per heavy atom. The summed E-state index contributed by atoms with van der Waals surface area (Å²) in [5.74, 6) is 0. The molecule has 3 atom stereocenters. The lowest BCUT2D eigenvalue weighted by molar-refractivity contribution is 0.0761. The van der Waals surface area contributed by atoms with Gasteiger partial charge in [-0.25, -0.2) is 9.18 Å². The Morgan fingerprint density at radius 1 is 1.17 bits per heavy atom. The molecule has 1 aliphatic rings. The van der Waals surface area contributed by atoms with E-state index in [1.807, 2.05) is 67.6 Å². The van der Waals surface area contributed by atoms with Crippen molar-refractivity contribution in [2.75, 3.05) is 0 Å². The zero-order valence-electron chi connectivity index (χ0n) is 13.1. The van der Waals surface area contributed by atoms with E-state index in [0.717, 1.165) is 11.1 Å². The normalized spacial score (nSPS) is 20.6. The van der Waals surface area contributed by atoms with E-state index in [-0.39, 0.29) is 18.7 Å². The summed E-state index contributed by atoms with van der Waals surface area (Å²) in [5, 5.41) is 0. The third-order valence-electron chi connectivity index (χ3n) is 4.15. The van der Waals surface area contributed by atoms with Crippen LogP contribution in [0.3, 0.4) is 0 Å². The molecule has 120 valence electrons. The summed E-state index contributed by atoms with van der Waals surface area (Å²) in [6.45, 7) is 2.10. The molecule has 3 rings (SSSR count). The van der Waals surface area contributed by atoms with Crippen molar-refractivity contribution in [3.63, 3.8) is 0 Å². The fourth-order valence-electron chi connectivity index (χ4n) is 2.71. The van der Waals surface area contributed by atoms with E-state index in [1.54, 1.807) is 0 Å². The zero-order valence-corrected chi connectivity index (χ0v) is 13.1. The molecule has 0 aliphatic heterocycles. The monoisotopic (exact) mass is 313 g/mol. The quantitative estimate of drug-likeness (QED) is 0.813. The average molecular weight is 313 g/mol. The second-order valence-electron chi connectivity index (χ2n) is 5.85. The van der Waals surface area contributed by atoms with Gasteiger partial charge in [0.2, 0.25) is 0 Å². The average Bonchev–Trinajstić information content (AvgIpc) is 3.31. The van der Waals surface area contributed by atoms with Crippen LogP contribution in [0.15, 0.2) is 60.7 Å². The van der Waals surface area contributed by atoms with Gasteiger partial charge in [-0.05, 0) is 18.1 Å². The number of carbonyl (C=O) groups excluding carboxylic acids is 1. The SMILES string of the molecule is C[C@H](c1ccccc1)N(C(=O)OCc1ccccc1)[C@@H]1C[C@H]1F. The predicted octanol–water partition coefficient (Wildman–Crippen LogP) is 4.50. The number of benzene rings is 2. The Labute approximate surface area is 135 Å². The lowest BCUT2D eigenvalue weighted by Gasteiger charge is -2.28. The van der Waals surface area contributed by atoms with Crippen LogP contribution in [0.25, 0.3) is 0 Å². The van der Waals surface area contributed by atoms with E-state index in [4.69, 9.17) is 4.74 Å². The molecule has 4 heteroatoms. The third kappa shape index (κ3) is 3.70. The summed E-state index contributed by atoms with van der Waals surface area (Å²) < 4.78 is 19.0. The topological polar surface area (TPSA) is 29.5 Å². The maximum atomic E-state index is 13.6. The van der Waals surface area contributed by atoms with Crippen molar-refractivity contribution in [1.82, 2.24) is 4.90 Å². The van der Waals surface area contributed by atoms with E-state index in [0.29, 0.717) is 6.42 Å². The van der Waals surface area contributed by atoms with Crippen LogP contribution in [-0.2, 0) is 11.3 Å². The van der Waals surface area contributed by atoms with E-state index in [9.17, 15) is 9.18 Å². The van der Waals surface area contributed by atoms with E-state index < -0.39 is 12.3 Å². The Hall–Kier alpha value is -2.36. The molecule has 1 aliphatic carbocycles. The van der Waals surface area contributed by atoms with Crippen molar-refractivity contribution in [3.05, 3.63) is 71.8 Å². The molecule has 23 heavy (non-hydrogen) atoms. The minimum atomic E-state index is -0.953. The Morgan fingerprint density at radius 3 is 2.30 bits per heavy atom. The number of alkyl halides is 1. The third-order valence-corrected chi connectivity index (χ3v) is 4.15. The van der Waals surface area contributed by atoms with Gasteiger partial charge in [-0.1, -0.05) is 60.7 Å². The summed E-state index contributed by atoms with van der Waals surface area (Å²) in [7, 11) is 0. The minimum absolute atomic E-state index is 0.196. The summed E-state index contributed by atoms with van der Waals surface area (Å²) in [6, 6.07) is 18.5. The molecule has 2 aromatic rings. The summed E-state index contributed by atoms with van der Waals surface area (Å²) in [5.41, 5.74) is 1.89. The molecule has 0 saturated heterocycles. The lowest BCUT2D eigenvalue weighted by atomic mass is 10.1. The highest BCUT2D eigenvalue weighted by Crippen LogP contribution is 2.37. The fourth-order valence-corrected chi connectivity index (χ4v) is 2.71. The van der Waals surface area contributed by atoms with Crippen molar-refractivity contribution in [1.29, 1.82) is 0 Å². The van der Waals surface area contributed by atoms with Crippen LogP contribution in [0.4, 0.5) is 9.18 Å². The number of hydrogen-bond acceptors (Lipinski definition) is 2. The largest absolute Gasteiger partial charge is 0.445 e. The van der Waals surface area contributed by atoms with Crippen LogP contribution in [0.1, 0.15) is 30.5 Å². The van der Waals surface area contributed by atoms with Crippen LogP contribution in [0.5, 0.6) is 0 Å². The van der Waals surface area contributed by atoms with Crippen molar-refractivity contribution < 1.29 is 13.9 Å². The molecular weight excluding hydrogens is 293 g/mol. The Balaban J connectivity index is 1.70. The first-order valence-electron chi connectivity index (χ1n) is 7.85. The fraction of sp³-hybridized carbons (Fsp3) is 0.316. The van der Waals surface area contributed by atoms with Crippen molar-refractivity contribution in [3.8, 4) is 0 Å². The van der Waals surface area contributed by atoms with Crippen molar-refractivity contribution in [2.24, 2.45) is 0 Å². The van der Waals surface area contributed by atoms with E-state index in [1.165, 1.54) is 4.90 Å². The van der Waals surface area contributed by atoms with Crippen LogP contribution in [-0.4, -0.2) is 23.2 Å². The number of rotatable bonds is 5. The molecule has 0 N–H and O–H groups in total. The van der Waals surface area contributed by atoms with Gasteiger partial charge in [0, 0.05) is 6.42 Å². The lowest BCUT2D eigenvalue weighted by Crippen LogP contribution is -2.37. The van der Waals surface area contributed by atoms with Gasteiger partial charge in [0.05, 0.1) is 12.1 Å². The maximum Gasteiger partial charge on any atom is 0.410 e. The van der Waals surface area contributed by atoms with Gasteiger partial charge in [0.15, 0.2) is 0 Å². The molecule has 0 aromatic heterocycles. The summed E-state index contributed by atoms with van der Waals surface area (Å²) >= 11 is 0. The predicted molar refractivity (Wildman–Crippen MR) is 86.6 cm³/mol. The van der Waals surface area contributed by atoms with Crippen molar-refractivity contribution >= 4 is 6.09 Å². The van der Waals surface area contributed by atoms with Gasteiger partial charge in [0.1, 0.15) is 12.8 Å². The standard InChI is InChI=1S/C19H20FNO2/c1-14(16-10-6-3-7-11-16)21(18-12-17(18)20)19(22)23-13-15-8-4-2-5-9-15/h2-11,14,17-18H,12-13H2,1H3/t14-,17-,18-/m1/s1. The number of carbonyl (C=O) groups is 1. The molecule has 0 unspecified atom stereocenters. The molecule has 0 bridgehead atoms. The first-order chi connectivity index (χ1) is 11.2. The minimum Gasteiger partial charge on any atom is -0.445 e. The smallest absolute Gasteiger partial charge is 0.410 e. The molecule has 1 amide bonds. The Bertz CT molecular complexity index is 647. The maximum absolute atomic E-state index is 13.6. The second kappa shape index (κ2) is 6.82. The molecule has 1 fully saturated rings. The highest BCUT2D eigenvalue weighted by molar-refractivity contribution is 5.69. The van der Waals surface area contributed by atoms with Crippen LogP contribution < -0.4 is 0 Å². The number of hydrogen-bond donors (Lipinski definition) is 0. The van der Waals surface area contributed by atoms with E-state index in [2.05, 4.69) is 0 Å². The number of ether oxygens (including phenoxy) is 1. The zero-order chi connectivity index (χ0) is 16.2. The first-order valence-corrected chi connectivity index (χ1v) is 7.85. The molecular formula is C19H20FNO2. The molecule has 3 nitrogen and oxygen atoms in total. The van der Waals surface area contributed by atoms with Gasteiger partial charge >= 0.3 is 6.09 Å². The molecule has 0 radical (unpaired) electrons.